The molecule has 0 fully saturated rings. The molecule has 96 valence electrons. The highest BCUT2D eigenvalue weighted by Crippen LogP contribution is 2.25. The van der Waals surface area contributed by atoms with Crippen molar-refractivity contribution in [3.8, 4) is 0 Å². The third-order valence-corrected chi connectivity index (χ3v) is 4.28. The summed E-state index contributed by atoms with van der Waals surface area (Å²) in [6, 6.07) is 0. The first-order chi connectivity index (χ1) is 8.25. The molecule has 0 radical (unpaired) electrons. The molecule has 1 aromatic heterocycles. The zero-order valence-electron chi connectivity index (χ0n) is 9.88. The van der Waals surface area contributed by atoms with Gasteiger partial charge in [0.05, 0.1) is 4.47 Å². The molecule has 0 atom stereocenters. The Bertz CT molecular complexity index is 338. The van der Waals surface area contributed by atoms with E-state index >= 15 is 0 Å². The average Bonchev–Trinajstić information content (AvgIpc) is 2.33. The van der Waals surface area contributed by atoms with E-state index in [0.717, 1.165) is 23.3 Å². The Morgan fingerprint density at radius 3 is 2.82 bits per heavy atom. The van der Waals surface area contributed by atoms with Gasteiger partial charge in [0, 0.05) is 6.54 Å². The lowest BCUT2D eigenvalue weighted by Crippen LogP contribution is -2.04. The van der Waals surface area contributed by atoms with Gasteiger partial charge in [0.15, 0.2) is 0 Å². The summed E-state index contributed by atoms with van der Waals surface area (Å²) in [5, 5.41) is 3.70. The van der Waals surface area contributed by atoms with E-state index in [4.69, 9.17) is 11.6 Å². The van der Waals surface area contributed by atoms with Gasteiger partial charge < -0.3 is 5.32 Å². The van der Waals surface area contributed by atoms with Crippen LogP contribution in [0.1, 0.15) is 25.7 Å². The molecule has 0 unspecified atom stereocenters. The number of nitrogens with one attached hydrogen (secondary N) is 1. The number of hydrogen-bond acceptors (Lipinski definition) is 4. The number of nitrogens with zero attached hydrogens (tertiary/aromatic N) is 2. The molecule has 0 aromatic carbocycles. The lowest BCUT2D eigenvalue weighted by molar-refractivity contribution is 0.688. The molecular formula is C11H17BrClN3S. The van der Waals surface area contributed by atoms with E-state index < -0.39 is 0 Å². The second-order valence-electron chi connectivity index (χ2n) is 3.66. The zero-order valence-corrected chi connectivity index (χ0v) is 13.0. The molecule has 1 rings (SSSR count). The fourth-order valence-electron chi connectivity index (χ4n) is 1.40. The number of unbranched alkanes of at least 4 members (excludes halogenated alkanes) is 3. The van der Waals surface area contributed by atoms with Gasteiger partial charge in [-0.05, 0) is 40.8 Å². The minimum Gasteiger partial charge on any atom is -0.369 e. The Morgan fingerprint density at radius 2 is 2.06 bits per heavy atom. The maximum atomic E-state index is 5.87. The SMILES string of the molecule is CSCCCCCCNc1ncnc(Cl)c1Br. The van der Waals surface area contributed by atoms with Crippen molar-refractivity contribution in [1.29, 1.82) is 0 Å². The third-order valence-electron chi connectivity index (χ3n) is 2.31. The minimum absolute atomic E-state index is 0.447. The van der Waals surface area contributed by atoms with Crippen molar-refractivity contribution in [2.45, 2.75) is 25.7 Å². The Morgan fingerprint density at radius 1 is 1.29 bits per heavy atom. The molecule has 1 heterocycles. The molecule has 3 nitrogen and oxygen atoms in total. The van der Waals surface area contributed by atoms with Crippen LogP contribution in [-0.2, 0) is 0 Å². The fourth-order valence-corrected chi connectivity index (χ4v) is 2.37. The second-order valence-corrected chi connectivity index (χ2v) is 5.80. The van der Waals surface area contributed by atoms with Crippen molar-refractivity contribution < 1.29 is 0 Å². The Balaban J connectivity index is 2.16. The van der Waals surface area contributed by atoms with Gasteiger partial charge in [-0.15, -0.1) is 0 Å². The molecule has 0 saturated carbocycles. The minimum atomic E-state index is 0.447. The quantitative estimate of drug-likeness (QED) is 0.568. The van der Waals surface area contributed by atoms with Crippen LogP contribution >= 0.6 is 39.3 Å². The van der Waals surface area contributed by atoms with Crippen molar-refractivity contribution in [1.82, 2.24) is 9.97 Å². The lowest BCUT2D eigenvalue weighted by atomic mass is 10.2. The van der Waals surface area contributed by atoms with E-state index in [-0.39, 0.29) is 0 Å². The fraction of sp³-hybridized carbons (Fsp3) is 0.636. The summed E-state index contributed by atoms with van der Waals surface area (Å²) in [4.78, 5) is 8.01. The van der Waals surface area contributed by atoms with E-state index in [9.17, 15) is 0 Å². The summed E-state index contributed by atoms with van der Waals surface area (Å²) in [6.07, 6.45) is 8.64. The van der Waals surface area contributed by atoms with Gasteiger partial charge in [-0.2, -0.15) is 11.8 Å². The molecule has 0 bridgehead atoms. The molecule has 0 amide bonds. The van der Waals surface area contributed by atoms with Gasteiger partial charge in [-0.3, -0.25) is 0 Å². The number of rotatable bonds is 8. The maximum Gasteiger partial charge on any atom is 0.148 e. The summed E-state index contributed by atoms with van der Waals surface area (Å²) in [5.74, 6) is 2.04. The summed E-state index contributed by atoms with van der Waals surface area (Å²) in [7, 11) is 0. The van der Waals surface area contributed by atoms with Crippen molar-refractivity contribution >= 4 is 45.1 Å². The van der Waals surface area contributed by atoms with E-state index in [1.807, 2.05) is 11.8 Å². The number of hydrogen-bond donors (Lipinski definition) is 1. The maximum absolute atomic E-state index is 5.87. The topological polar surface area (TPSA) is 37.8 Å². The van der Waals surface area contributed by atoms with E-state index in [1.165, 1.54) is 31.3 Å². The number of halogens is 2. The second kappa shape index (κ2) is 9.00. The Kier molecular flexibility index (Phi) is 7.97. The highest BCUT2D eigenvalue weighted by Gasteiger charge is 2.05. The van der Waals surface area contributed by atoms with E-state index in [1.54, 1.807) is 0 Å². The number of anilines is 1. The largest absolute Gasteiger partial charge is 0.369 e. The molecule has 0 saturated heterocycles. The Hall–Kier alpha value is -0.0000000000000000555. The van der Waals surface area contributed by atoms with E-state index in [2.05, 4.69) is 37.5 Å². The van der Waals surface area contributed by atoms with Crippen LogP contribution in [-0.4, -0.2) is 28.5 Å². The van der Waals surface area contributed by atoms with Crippen LogP contribution in [0.25, 0.3) is 0 Å². The molecule has 6 heteroatoms. The molecule has 17 heavy (non-hydrogen) atoms. The molecule has 1 N–H and O–H groups in total. The summed E-state index contributed by atoms with van der Waals surface area (Å²) in [6.45, 7) is 0.922. The van der Waals surface area contributed by atoms with Crippen molar-refractivity contribution in [3.63, 3.8) is 0 Å². The zero-order chi connectivity index (χ0) is 12.5. The van der Waals surface area contributed by atoms with Gasteiger partial charge >= 0.3 is 0 Å². The predicted octanol–water partition coefficient (Wildman–Crippen LogP) is 4.23. The van der Waals surface area contributed by atoms with Crippen LogP contribution in [0, 0.1) is 0 Å². The van der Waals surface area contributed by atoms with E-state index in [0.29, 0.717) is 5.15 Å². The molecule has 0 aliphatic heterocycles. The summed E-state index contributed by atoms with van der Waals surface area (Å²) >= 11 is 11.1. The van der Waals surface area contributed by atoms with Crippen molar-refractivity contribution in [2.24, 2.45) is 0 Å². The van der Waals surface area contributed by atoms with Crippen LogP contribution in [0.2, 0.25) is 5.15 Å². The van der Waals surface area contributed by atoms with Crippen LogP contribution in [0.5, 0.6) is 0 Å². The molecular weight excluding hydrogens is 322 g/mol. The first-order valence-corrected chi connectivity index (χ1v) is 8.21. The summed E-state index contributed by atoms with van der Waals surface area (Å²) < 4.78 is 0.740. The van der Waals surface area contributed by atoms with Crippen molar-refractivity contribution in [2.75, 3.05) is 23.9 Å². The van der Waals surface area contributed by atoms with Gasteiger partial charge in [-0.1, -0.05) is 24.4 Å². The monoisotopic (exact) mass is 337 g/mol. The van der Waals surface area contributed by atoms with Crippen molar-refractivity contribution in [3.05, 3.63) is 16.0 Å². The standard InChI is InChI=1S/C11H17BrClN3S/c1-17-7-5-3-2-4-6-14-11-9(12)10(13)15-8-16-11/h8H,2-7H2,1H3,(H,14,15,16). The highest BCUT2D eigenvalue weighted by molar-refractivity contribution is 9.10. The van der Waals surface area contributed by atoms with Crippen LogP contribution in [0.4, 0.5) is 5.82 Å². The lowest BCUT2D eigenvalue weighted by Gasteiger charge is -2.07. The normalized spacial score (nSPS) is 10.5. The molecule has 0 spiro atoms. The van der Waals surface area contributed by atoms with Gasteiger partial charge in [0.25, 0.3) is 0 Å². The molecule has 1 aromatic rings. The predicted molar refractivity (Wildman–Crippen MR) is 80.1 cm³/mol. The first-order valence-electron chi connectivity index (χ1n) is 5.64. The molecule has 0 aliphatic carbocycles. The molecule has 0 aliphatic rings. The van der Waals surface area contributed by atoms with Crippen LogP contribution in [0.3, 0.4) is 0 Å². The van der Waals surface area contributed by atoms with Crippen LogP contribution in [0.15, 0.2) is 10.8 Å². The highest BCUT2D eigenvalue weighted by atomic mass is 79.9. The van der Waals surface area contributed by atoms with Gasteiger partial charge in [0.2, 0.25) is 0 Å². The number of thioether (sulfide) groups is 1. The van der Waals surface area contributed by atoms with Gasteiger partial charge in [-0.25, -0.2) is 9.97 Å². The first kappa shape index (κ1) is 15.1. The van der Waals surface area contributed by atoms with Crippen LogP contribution < -0.4 is 5.32 Å². The summed E-state index contributed by atoms with van der Waals surface area (Å²) in [5.41, 5.74) is 0. The Labute approximate surface area is 120 Å². The number of aromatic nitrogens is 2. The third kappa shape index (κ3) is 5.93. The average molecular weight is 339 g/mol. The smallest absolute Gasteiger partial charge is 0.148 e. The van der Waals surface area contributed by atoms with Gasteiger partial charge in [0.1, 0.15) is 17.3 Å².